The van der Waals surface area contributed by atoms with E-state index in [1.807, 2.05) is 13.8 Å². The molecule has 16 heavy (non-hydrogen) atoms. The van der Waals surface area contributed by atoms with Crippen LogP contribution in [0.5, 0.6) is 0 Å². The van der Waals surface area contributed by atoms with E-state index in [1.54, 1.807) is 0 Å². The highest BCUT2D eigenvalue weighted by Gasteiger charge is 2.11. The van der Waals surface area contributed by atoms with Gasteiger partial charge in [-0.1, -0.05) is 13.8 Å². The van der Waals surface area contributed by atoms with Gasteiger partial charge in [0.25, 0.3) is 0 Å². The maximum atomic E-state index is 10.4. The molecule has 0 amide bonds. The summed E-state index contributed by atoms with van der Waals surface area (Å²) in [6.45, 7) is 4.63. The Morgan fingerprint density at radius 1 is 1.69 bits per heavy atom. The van der Waals surface area contributed by atoms with Crippen LogP contribution in [0.4, 0.5) is 5.69 Å². The second-order valence-electron chi connectivity index (χ2n) is 3.89. The molecule has 0 aliphatic carbocycles. The highest BCUT2D eigenvalue weighted by atomic mass is 16.6. The largest absolute Gasteiger partial charge is 0.390 e. The molecule has 7 heteroatoms. The van der Waals surface area contributed by atoms with Gasteiger partial charge in [0.05, 0.1) is 17.6 Å². The van der Waals surface area contributed by atoms with Crippen molar-refractivity contribution >= 4 is 5.69 Å². The average molecular weight is 228 g/mol. The summed E-state index contributed by atoms with van der Waals surface area (Å²) in [6.07, 6.45) is 1.86. The first kappa shape index (κ1) is 12.6. The van der Waals surface area contributed by atoms with Gasteiger partial charge in [0, 0.05) is 12.6 Å². The van der Waals surface area contributed by atoms with Gasteiger partial charge in [0.1, 0.15) is 12.4 Å². The SMILES string of the molecule is CC(C)NCC(O)Cn1cc([N+](=O)[O-])cn1. The zero-order chi connectivity index (χ0) is 12.1. The van der Waals surface area contributed by atoms with Crippen LogP contribution < -0.4 is 5.32 Å². The van der Waals surface area contributed by atoms with Crippen molar-refractivity contribution in [3.8, 4) is 0 Å². The molecule has 0 aromatic carbocycles. The number of aromatic nitrogens is 2. The number of aliphatic hydroxyl groups excluding tert-OH is 1. The monoisotopic (exact) mass is 228 g/mol. The van der Waals surface area contributed by atoms with E-state index < -0.39 is 11.0 Å². The molecule has 1 atom stereocenters. The third-order valence-electron chi connectivity index (χ3n) is 1.99. The van der Waals surface area contributed by atoms with Crippen molar-refractivity contribution in [1.82, 2.24) is 15.1 Å². The van der Waals surface area contributed by atoms with E-state index in [2.05, 4.69) is 10.4 Å². The lowest BCUT2D eigenvalue weighted by Crippen LogP contribution is -2.34. The first-order valence-corrected chi connectivity index (χ1v) is 5.07. The summed E-state index contributed by atoms with van der Waals surface area (Å²) >= 11 is 0. The first-order valence-electron chi connectivity index (χ1n) is 5.07. The summed E-state index contributed by atoms with van der Waals surface area (Å²) in [7, 11) is 0. The fourth-order valence-electron chi connectivity index (χ4n) is 1.20. The second-order valence-corrected chi connectivity index (χ2v) is 3.89. The summed E-state index contributed by atoms with van der Waals surface area (Å²) in [5.41, 5.74) is -0.0657. The fourth-order valence-corrected chi connectivity index (χ4v) is 1.20. The van der Waals surface area contributed by atoms with Crippen molar-refractivity contribution < 1.29 is 10.0 Å². The molecule has 1 rings (SSSR count). The molecule has 0 saturated heterocycles. The van der Waals surface area contributed by atoms with Gasteiger partial charge in [-0.25, -0.2) is 0 Å². The fraction of sp³-hybridized carbons (Fsp3) is 0.667. The van der Waals surface area contributed by atoms with Gasteiger partial charge in [0.15, 0.2) is 0 Å². The highest BCUT2D eigenvalue weighted by molar-refractivity contribution is 5.20. The van der Waals surface area contributed by atoms with Crippen molar-refractivity contribution in [3.05, 3.63) is 22.5 Å². The smallest absolute Gasteiger partial charge is 0.306 e. The maximum absolute atomic E-state index is 10.4. The van der Waals surface area contributed by atoms with Gasteiger partial charge in [-0.2, -0.15) is 5.10 Å². The summed E-state index contributed by atoms with van der Waals surface area (Å²) in [4.78, 5) is 9.88. The highest BCUT2D eigenvalue weighted by Crippen LogP contribution is 2.07. The minimum absolute atomic E-state index is 0.0657. The van der Waals surface area contributed by atoms with Crippen LogP contribution in [-0.4, -0.2) is 38.5 Å². The Balaban J connectivity index is 2.43. The Hall–Kier alpha value is -1.47. The van der Waals surface area contributed by atoms with E-state index in [4.69, 9.17) is 0 Å². The number of hydrogen-bond acceptors (Lipinski definition) is 5. The molecule has 1 aromatic rings. The molecule has 0 aliphatic rings. The van der Waals surface area contributed by atoms with Crippen LogP contribution in [0.2, 0.25) is 0 Å². The summed E-state index contributed by atoms with van der Waals surface area (Å²) in [5.74, 6) is 0. The van der Waals surface area contributed by atoms with Crippen LogP contribution in [0.1, 0.15) is 13.8 Å². The third-order valence-corrected chi connectivity index (χ3v) is 1.99. The van der Waals surface area contributed by atoms with Gasteiger partial charge in [-0.3, -0.25) is 14.8 Å². The Labute approximate surface area is 93.2 Å². The Morgan fingerprint density at radius 2 is 2.38 bits per heavy atom. The van der Waals surface area contributed by atoms with E-state index in [0.717, 1.165) is 0 Å². The van der Waals surface area contributed by atoms with Crippen LogP contribution in [-0.2, 0) is 6.54 Å². The zero-order valence-corrected chi connectivity index (χ0v) is 9.33. The van der Waals surface area contributed by atoms with Crippen LogP contribution in [0.3, 0.4) is 0 Å². The first-order chi connectivity index (χ1) is 7.49. The number of aliphatic hydroxyl groups is 1. The Bertz CT molecular complexity index is 350. The van der Waals surface area contributed by atoms with Crippen molar-refractivity contribution in [1.29, 1.82) is 0 Å². The van der Waals surface area contributed by atoms with E-state index >= 15 is 0 Å². The van der Waals surface area contributed by atoms with Gasteiger partial charge in [-0.15, -0.1) is 0 Å². The van der Waals surface area contributed by atoms with Crippen LogP contribution in [0.25, 0.3) is 0 Å². The molecule has 2 N–H and O–H groups in total. The topological polar surface area (TPSA) is 93.2 Å². The molecular formula is C9H16N4O3. The minimum Gasteiger partial charge on any atom is -0.390 e. The van der Waals surface area contributed by atoms with Gasteiger partial charge in [0.2, 0.25) is 0 Å². The van der Waals surface area contributed by atoms with E-state index in [1.165, 1.54) is 17.1 Å². The summed E-state index contributed by atoms with van der Waals surface area (Å²) in [5, 5.41) is 26.9. The van der Waals surface area contributed by atoms with Crippen molar-refractivity contribution in [2.45, 2.75) is 32.5 Å². The van der Waals surface area contributed by atoms with Crippen LogP contribution in [0.15, 0.2) is 12.4 Å². The molecule has 0 radical (unpaired) electrons. The summed E-state index contributed by atoms with van der Waals surface area (Å²) in [6, 6.07) is 0.293. The molecule has 1 aromatic heterocycles. The lowest BCUT2D eigenvalue weighted by atomic mass is 10.3. The Kier molecular flexibility index (Phi) is 4.39. The third kappa shape index (κ3) is 3.95. The normalized spacial score (nSPS) is 13.0. The number of nitrogens with one attached hydrogen (secondary N) is 1. The second kappa shape index (κ2) is 5.57. The molecule has 0 aliphatic heterocycles. The van der Waals surface area contributed by atoms with Gasteiger partial charge >= 0.3 is 5.69 Å². The molecule has 90 valence electrons. The van der Waals surface area contributed by atoms with Crippen LogP contribution in [0, 0.1) is 10.1 Å². The van der Waals surface area contributed by atoms with E-state index in [-0.39, 0.29) is 12.2 Å². The molecule has 1 heterocycles. The van der Waals surface area contributed by atoms with Crippen molar-refractivity contribution in [2.75, 3.05) is 6.54 Å². The molecule has 1 unspecified atom stereocenters. The molecule has 0 bridgehead atoms. The molecule has 0 saturated carbocycles. The maximum Gasteiger partial charge on any atom is 0.306 e. The van der Waals surface area contributed by atoms with Crippen molar-refractivity contribution in [2.24, 2.45) is 0 Å². The quantitative estimate of drug-likeness (QED) is 0.534. The predicted octanol–water partition coefficient (Wildman–Crippen LogP) is 0.150. The minimum atomic E-state index is -0.609. The Morgan fingerprint density at radius 3 is 2.88 bits per heavy atom. The molecule has 0 spiro atoms. The number of rotatable bonds is 6. The predicted molar refractivity (Wildman–Crippen MR) is 58.0 cm³/mol. The zero-order valence-electron chi connectivity index (χ0n) is 9.33. The lowest BCUT2D eigenvalue weighted by molar-refractivity contribution is -0.385. The molecule has 7 nitrogen and oxygen atoms in total. The van der Waals surface area contributed by atoms with E-state index in [9.17, 15) is 15.2 Å². The number of nitrogens with zero attached hydrogens (tertiary/aromatic N) is 3. The number of nitro groups is 1. The number of hydrogen-bond donors (Lipinski definition) is 2. The van der Waals surface area contributed by atoms with Gasteiger partial charge < -0.3 is 10.4 Å². The van der Waals surface area contributed by atoms with Crippen LogP contribution >= 0.6 is 0 Å². The standard InChI is InChI=1S/C9H16N4O3/c1-7(2)10-4-9(14)6-12-5-8(3-11-12)13(15)16/h3,5,7,9-10,14H,4,6H2,1-2H3. The van der Waals surface area contributed by atoms with Gasteiger partial charge in [-0.05, 0) is 0 Å². The summed E-state index contributed by atoms with van der Waals surface area (Å²) < 4.78 is 1.37. The van der Waals surface area contributed by atoms with Crippen molar-refractivity contribution in [3.63, 3.8) is 0 Å². The molecule has 0 fully saturated rings. The van der Waals surface area contributed by atoms with E-state index in [0.29, 0.717) is 12.6 Å². The lowest BCUT2D eigenvalue weighted by Gasteiger charge is -2.13. The average Bonchev–Trinajstić information content (AvgIpc) is 2.63. The molecular weight excluding hydrogens is 212 g/mol.